The monoisotopic (exact) mass is 161 g/mol. The summed E-state index contributed by atoms with van der Waals surface area (Å²) in [5, 5.41) is 0. The van der Waals surface area contributed by atoms with Gasteiger partial charge in [0.2, 0.25) is 0 Å². The molecule has 0 aliphatic carbocycles. The molecule has 0 heterocycles. The molecule has 0 bridgehead atoms. The fourth-order valence-electron chi connectivity index (χ4n) is 0.281. The molecule has 0 spiro atoms. The molecule has 0 aliphatic rings. The van der Waals surface area contributed by atoms with Crippen LogP contribution in [0.5, 0.6) is 0 Å². The van der Waals surface area contributed by atoms with Crippen molar-refractivity contribution < 1.29 is 13.2 Å². The van der Waals surface area contributed by atoms with Gasteiger partial charge in [0.05, 0.1) is 6.42 Å². The number of nitrogens with zero attached hydrogens (tertiary/aromatic N) is 1. The lowest BCUT2D eigenvalue weighted by molar-refractivity contribution is -0.135. The maximum absolute atomic E-state index is 11.3. The van der Waals surface area contributed by atoms with E-state index in [0.717, 1.165) is 4.42 Å². The van der Waals surface area contributed by atoms with E-state index in [-0.39, 0.29) is 6.54 Å². The van der Waals surface area contributed by atoms with Gasteiger partial charge in [0.25, 0.3) is 0 Å². The molecule has 0 atom stereocenters. The summed E-state index contributed by atoms with van der Waals surface area (Å²) < 4.78 is 35.0. The fraction of sp³-hybridized carbons (Fsp3) is 1.00. The van der Waals surface area contributed by atoms with Gasteiger partial charge in [-0.15, -0.1) is 0 Å². The Kier molecular flexibility index (Phi) is 3.28. The lowest BCUT2D eigenvalue weighted by Crippen LogP contribution is -2.16. The van der Waals surface area contributed by atoms with Crippen LogP contribution in [0.15, 0.2) is 0 Å². The van der Waals surface area contributed by atoms with Gasteiger partial charge in [-0.05, 0) is 11.8 Å². The van der Waals surface area contributed by atoms with Crippen molar-refractivity contribution in [2.75, 3.05) is 13.6 Å². The lowest BCUT2D eigenvalue weighted by atomic mass is 10.4. The summed E-state index contributed by atoms with van der Waals surface area (Å²) >= 11 is 5.12. The van der Waals surface area contributed by atoms with E-state index in [1.807, 2.05) is 0 Å². The number of hydrogen-bond donors (Lipinski definition) is 0. The molecule has 0 N–H and O–H groups in total. The molecule has 0 aliphatic heterocycles. The molecule has 0 rings (SSSR count). The van der Waals surface area contributed by atoms with E-state index in [0.29, 0.717) is 0 Å². The first kappa shape index (κ1) is 9.04. The average molecular weight is 162 g/mol. The number of hydrogen-bond acceptors (Lipinski definition) is 1. The highest BCUT2D eigenvalue weighted by Crippen LogP contribution is 2.19. The summed E-state index contributed by atoms with van der Waals surface area (Å²) in [5.74, 6) is 0. The molecule has 0 aromatic rings. The second-order valence-corrected chi connectivity index (χ2v) is 2.27. The van der Waals surface area contributed by atoms with Crippen molar-refractivity contribution in [3.63, 3.8) is 0 Å². The summed E-state index contributed by atoms with van der Waals surface area (Å²) in [4.78, 5) is 0. The van der Waals surface area contributed by atoms with Gasteiger partial charge in [-0.3, -0.25) is 0 Å². The van der Waals surface area contributed by atoms with Crippen LogP contribution in [-0.2, 0) is 0 Å². The SMILES string of the molecule is CN(Cl)CCC(F)(F)F. The quantitative estimate of drug-likeness (QED) is 0.560. The van der Waals surface area contributed by atoms with Crippen molar-refractivity contribution in [2.24, 2.45) is 0 Å². The predicted octanol–water partition coefficient (Wildman–Crippen LogP) is 2.02. The standard InChI is InChI=1S/C4H7ClF3N/c1-9(5)3-2-4(6,7)8/h2-3H2,1H3. The molecule has 0 fully saturated rings. The van der Waals surface area contributed by atoms with Crippen LogP contribution in [0.4, 0.5) is 13.2 Å². The Hall–Kier alpha value is 0.0400. The minimum absolute atomic E-state index is 0.162. The van der Waals surface area contributed by atoms with Crippen LogP contribution in [-0.4, -0.2) is 24.2 Å². The Morgan fingerprint density at radius 3 is 2.00 bits per heavy atom. The molecule has 56 valence electrons. The van der Waals surface area contributed by atoms with Crippen molar-refractivity contribution in [2.45, 2.75) is 12.6 Å². The van der Waals surface area contributed by atoms with Gasteiger partial charge in [-0.2, -0.15) is 13.2 Å². The highest BCUT2D eigenvalue weighted by Gasteiger charge is 2.26. The van der Waals surface area contributed by atoms with E-state index < -0.39 is 12.6 Å². The zero-order chi connectivity index (χ0) is 7.49. The maximum atomic E-state index is 11.3. The Bertz CT molecular complexity index is 80.4. The molecular formula is C4H7ClF3N. The third-order valence-corrected chi connectivity index (χ3v) is 0.872. The summed E-state index contributed by atoms with van der Waals surface area (Å²) in [6, 6.07) is 0. The van der Waals surface area contributed by atoms with Crippen molar-refractivity contribution >= 4 is 11.8 Å². The van der Waals surface area contributed by atoms with Gasteiger partial charge in [0, 0.05) is 13.6 Å². The van der Waals surface area contributed by atoms with Crippen LogP contribution in [0, 0.1) is 0 Å². The molecule has 5 heteroatoms. The number of rotatable bonds is 2. The Labute approximate surface area is 56.5 Å². The van der Waals surface area contributed by atoms with Crippen molar-refractivity contribution in [1.82, 2.24) is 4.42 Å². The van der Waals surface area contributed by atoms with Crippen LogP contribution < -0.4 is 0 Å². The molecular weight excluding hydrogens is 154 g/mol. The zero-order valence-electron chi connectivity index (χ0n) is 4.87. The first-order valence-corrected chi connectivity index (χ1v) is 2.69. The smallest absolute Gasteiger partial charge is 0.223 e. The fourth-order valence-corrected chi connectivity index (χ4v) is 0.365. The van der Waals surface area contributed by atoms with Gasteiger partial charge in [-0.25, -0.2) is 4.42 Å². The number of alkyl halides is 3. The summed E-state index contributed by atoms with van der Waals surface area (Å²) in [7, 11) is 1.38. The van der Waals surface area contributed by atoms with Crippen LogP contribution in [0.3, 0.4) is 0 Å². The molecule has 0 aromatic heterocycles. The third kappa shape index (κ3) is 8.04. The Balaban J connectivity index is 3.28. The summed E-state index contributed by atoms with van der Waals surface area (Å²) in [6.45, 7) is -0.162. The predicted molar refractivity (Wildman–Crippen MR) is 29.2 cm³/mol. The van der Waals surface area contributed by atoms with E-state index >= 15 is 0 Å². The van der Waals surface area contributed by atoms with E-state index in [1.165, 1.54) is 7.05 Å². The molecule has 0 saturated carbocycles. The van der Waals surface area contributed by atoms with E-state index in [4.69, 9.17) is 11.8 Å². The summed E-state index contributed by atoms with van der Waals surface area (Å²) in [6.07, 6.45) is -4.95. The molecule has 1 nitrogen and oxygen atoms in total. The van der Waals surface area contributed by atoms with E-state index in [1.54, 1.807) is 0 Å². The Morgan fingerprint density at radius 2 is 1.89 bits per heavy atom. The second kappa shape index (κ2) is 3.27. The molecule has 0 radical (unpaired) electrons. The molecule has 0 amide bonds. The van der Waals surface area contributed by atoms with Crippen LogP contribution in [0.1, 0.15) is 6.42 Å². The Morgan fingerprint density at radius 1 is 1.44 bits per heavy atom. The highest BCUT2D eigenvalue weighted by atomic mass is 35.5. The highest BCUT2D eigenvalue weighted by molar-refractivity contribution is 6.13. The van der Waals surface area contributed by atoms with E-state index in [9.17, 15) is 13.2 Å². The summed E-state index contributed by atoms with van der Waals surface area (Å²) in [5.41, 5.74) is 0. The van der Waals surface area contributed by atoms with Gasteiger partial charge in [0.1, 0.15) is 0 Å². The van der Waals surface area contributed by atoms with Gasteiger partial charge in [-0.1, -0.05) is 0 Å². The molecule has 0 aromatic carbocycles. The van der Waals surface area contributed by atoms with Gasteiger partial charge >= 0.3 is 6.18 Å². The molecule has 9 heavy (non-hydrogen) atoms. The zero-order valence-corrected chi connectivity index (χ0v) is 5.63. The number of halogens is 4. The third-order valence-electron chi connectivity index (χ3n) is 0.703. The van der Waals surface area contributed by atoms with Crippen molar-refractivity contribution in [1.29, 1.82) is 0 Å². The maximum Gasteiger partial charge on any atom is 0.390 e. The molecule has 0 saturated heterocycles. The van der Waals surface area contributed by atoms with Crippen molar-refractivity contribution in [3.8, 4) is 0 Å². The first-order chi connectivity index (χ1) is 3.92. The second-order valence-electron chi connectivity index (χ2n) is 1.69. The van der Waals surface area contributed by atoms with Gasteiger partial charge in [0.15, 0.2) is 0 Å². The van der Waals surface area contributed by atoms with Crippen LogP contribution in [0.25, 0.3) is 0 Å². The topological polar surface area (TPSA) is 3.24 Å². The van der Waals surface area contributed by atoms with Crippen LogP contribution >= 0.6 is 11.8 Å². The minimum atomic E-state index is -4.09. The lowest BCUT2D eigenvalue weighted by Gasteiger charge is -2.08. The minimum Gasteiger partial charge on any atom is -0.223 e. The van der Waals surface area contributed by atoms with Crippen molar-refractivity contribution in [3.05, 3.63) is 0 Å². The normalized spacial score (nSPS) is 12.7. The van der Waals surface area contributed by atoms with Gasteiger partial charge < -0.3 is 0 Å². The molecule has 0 unspecified atom stereocenters. The van der Waals surface area contributed by atoms with E-state index in [2.05, 4.69) is 0 Å². The van der Waals surface area contributed by atoms with Crippen LogP contribution in [0.2, 0.25) is 0 Å². The average Bonchev–Trinajstić information content (AvgIpc) is 1.59. The first-order valence-electron chi connectivity index (χ1n) is 2.35. The largest absolute Gasteiger partial charge is 0.390 e.